The number of rotatable bonds is 4. The van der Waals surface area contributed by atoms with E-state index in [4.69, 9.17) is 4.52 Å². The van der Waals surface area contributed by atoms with E-state index in [1.807, 2.05) is 35.2 Å². The van der Waals surface area contributed by atoms with Crippen LogP contribution in [0.5, 0.6) is 0 Å². The van der Waals surface area contributed by atoms with Gasteiger partial charge in [0.25, 0.3) is 0 Å². The van der Waals surface area contributed by atoms with Gasteiger partial charge < -0.3 is 9.42 Å². The number of aromatic nitrogens is 1. The van der Waals surface area contributed by atoms with Crippen LogP contribution in [0.25, 0.3) is 11.0 Å². The van der Waals surface area contributed by atoms with E-state index in [2.05, 4.69) is 33.2 Å². The number of piperazine rings is 1. The highest BCUT2D eigenvalue weighted by Gasteiger charge is 2.27. The molecule has 2 aromatic carbocycles. The minimum atomic E-state index is 0.209. The Labute approximate surface area is 164 Å². The normalized spacial score (nSPS) is 17.9. The Morgan fingerprint density at radius 3 is 2.57 bits per heavy atom. The van der Waals surface area contributed by atoms with Gasteiger partial charge in [-0.05, 0) is 30.2 Å². The van der Waals surface area contributed by atoms with Crippen molar-refractivity contribution < 1.29 is 9.32 Å². The molecule has 3 aromatic rings. The first-order chi connectivity index (χ1) is 13.8. The van der Waals surface area contributed by atoms with Gasteiger partial charge in [0.15, 0.2) is 5.58 Å². The van der Waals surface area contributed by atoms with Crippen LogP contribution in [-0.2, 0) is 17.8 Å². The molecule has 2 aliphatic heterocycles. The number of benzene rings is 2. The molecule has 6 heteroatoms. The fraction of sp³-hybridized carbons (Fsp3) is 0.364. The van der Waals surface area contributed by atoms with Crippen molar-refractivity contribution in [3.63, 3.8) is 0 Å². The smallest absolute Gasteiger partial charge is 0.241 e. The quantitative estimate of drug-likeness (QED) is 0.700. The summed E-state index contributed by atoms with van der Waals surface area (Å²) in [6, 6.07) is 16.2. The Kier molecular flexibility index (Phi) is 4.58. The number of amides is 1. The monoisotopic (exact) mass is 376 g/mol. The van der Waals surface area contributed by atoms with E-state index in [0.717, 1.165) is 68.0 Å². The summed E-state index contributed by atoms with van der Waals surface area (Å²) in [6.07, 6.45) is 0.960. The molecule has 28 heavy (non-hydrogen) atoms. The summed E-state index contributed by atoms with van der Waals surface area (Å²) in [7, 11) is 0. The summed E-state index contributed by atoms with van der Waals surface area (Å²) >= 11 is 0. The number of hydrogen-bond donors (Lipinski definition) is 0. The van der Waals surface area contributed by atoms with Crippen molar-refractivity contribution in [1.29, 1.82) is 0 Å². The Morgan fingerprint density at radius 1 is 0.929 bits per heavy atom. The minimum Gasteiger partial charge on any atom is -0.356 e. The van der Waals surface area contributed by atoms with Crippen molar-refractivity contribution in [2.24, 2.45) is 0 Å². The van der Waals surface area contributed by atoms with Gasteiger partial charge in [-0.2, -0.15) is 0 Å². The molecular formula is C22H24N4O2. The number of carbonyl (C=O) groups excluding carboxylic acids is 1. The first kappa shape index (κ1) is 17.4. The molecular weight excluding hydrogens is 352 g/mol. The van der Waals surface area contributed by atoms with E-state index in [1.54, 1.807) is 0 Å². The number of fused-ring (bicyclic) bond motifs is 2. The molecule has 3 heterocycles. The van der Waals surface area contributed by atoms with Gasteiger partial charge in [0.2, 0.25) is 5.91 Å². The molecule has 0 atom stereocenters. The highest BCUT2D eigenvalue weighted by atomic mass is 16.5. The molecule has 0 saturated carbocycles. The Balaban J connectivity index is 1.16. The lowest BCUT2D eigenvalue weighted by Gasteiger charge is -2.34. The maximum atomic E-state index is 12.8. The predicted octanol–water partition coefficient (Wildman–Crippen LogP) is 2.53. The molecule has 0 N–H and O–H groups in total. The second-order valence-corrected chi connectivity index (χ2v) is 7.60. The largest absolute Gasteiger partial charge is 0.356 e. The van der Waals surface area contributed by atoms with E-state index in [0.29, 0.717) is 6.54 Å². The number of para-hydroxylation sites is 2. The lowest BCUT2D eigenvalue weighted by Crippen LogP contribution is -2.49. The Hall–Kier alpha value is -2.70. The van der Waals surface area contributed by atoms with E-state index >= 15 is 0 Å². The summed E-state index contributed by atoms with van der Waals surface area (Å²) in [4.78, 5) is 19.4. The molecule has 0 bridgehead atoms. The van der Waals surface area contributed by atoms with Crippen molar-refractivity contribution in [3.8, 4) is 0 Å². The maximum absolute atomic E-state index is 12.8. The van der Waals surface area contributed by atoms with Crippen molar-refractivity contribution >= 4 is 22.6 Å². The highest BCUT2D eigenvalue weighted by Crippen LogP contribution is 2.27. The van der Waals surface area contributed by atoms with Crippen LogP contribution in [0.3, 0.4) is 0 Å². The third-order valence-corrected chi connectivity index (χ3v) is 5.84. The molecule has 0 aliphatic carbocycles. The standard InChI is InChI=1S/C22H24N4O2/c27-22(26-10-9-17-5-1-3-7-20(17)26)16-25-13-11-24(12-14-25)15-19-18-6-2-4-8-21(18)28-23-19/h1-8H,9-16H2. The second-order valence-electron chi connectivity index (χ2n) is 7.60. The number of nitrogens with zero attached hydrogens (tertiary/aromatic N) is 4. The lowest BCUT2D eigenvalue weighted by atomic mass is 10.2. The SMILES string of the molecule is O=C(CN1CCN(Cc2noc3ccccc23)CC1)N1CCc2ccccc21. The summed E-state index contributed by atoms with van der Waals surface area (Å²) in [5.41, 5.74) is 4.20. The fourth-order valence-electron chi connectivity index (χ4n) is 4.24. The lowest BCUT2D eigenvalue weighted by molar-refractivity contribution is -0.120. The number of hydrogen-bond acceptors (Lipinski definition) is 5. The molecule has 144 valence electrons. The first-order valence-corrected chi connectivity index (χ1v) is 9.94. The Morgan fingerprint density at radius 2 is 1.68 bits per heavy atom. The van der Waals surface area contributed by atoms with Crippen LogP contribution in [0.4, 0.5) is 5.69 Å². The zero-order chi connectivity index (χ0) is 18.9. The Bertz CT molecular complexity index is 991. The van der Waals surface area contributed by atoms with Crippen LogP contribution in [0, 0.1) is 0 Å². The van der Waals surface area contributed by atoms with Gasteiger partial charge in [-0.1, -0.05) is 35.5 Å². The zero-order valence-electron chi connectivity index (χ0n) is 15.9. The van der Waals surface area contributed by atoms with E-state index in [1.165, 1.54) is 5.56 Å². The van der Waals surface area contributed by atoms with Crippen molar-refractivity contribution in [1.82, 2.24) is 15.0 Å². The predicted molar refractivity (Wildman–Crippen MR) is 108 cm³/mol. The summed E-state index contributed by atoms with van der Waals surface area (Å²) in [5.74, 6) is 0.209. The van der Waals surface area contributed by atoms with Gasteiger partial charge >= 0.3 is 0 Å². The first-order valence-electron chi connectivity index (χ1n) is 9.94. The van der Waals surface area contributed by atoms with Crippen LogP contribution >= 0.6 is 0 Å². The average molecular weight is 376 g/mol. The number of carbonyl (C=O) groups is 1. The van der Waals surface area contributed by atoms with Gasteiger partial charge in [-0.15, -0.1) is 0 Å². The molecule has 1 saturated heterocycles. The molecule has 2 aliphatic rings. The van der Waals surface area contributed by atoms with Crippen LogP contribution in [0.1, 0.15) is 11.3 Å². The molecule has 1 amide bonds. The zero-order valence-corrected chi connectivity index (χ0v) is 15.9. The van der Waals surface area contributed by atoms with Gasteiger partial charge in [-0.25, -0.2) is 0 Å². The molecule has 0 spiro atoms. The fourth-order valence-corrected chi connectivity index (χ4v) is 4.24. The molecule has 1 fully saturated rings. The van der Waals surface area contributed by atoms with Gasteiger partial charge in [0, 0.05) is 50.3 Å². The van der Waals surface area contributed by atoms with Gasteiger partial charge in [0.1, 0.15) is 5.69 Å². The summed E-state index contributed by atoms with van der Waals surface area (Å²) < 4.78 is 5.41. The molecule has 0 unspecified atom stereocenters. The van der Waals surface area contributed by atoms with Crippen molar-refractivity contribution in [2.45, 2.75) is 13.0 Å². The van der Waals surface area contributed by atoms with Crippen LogP contribution in [0.15, 0.2) is 53.1 Å². The average Bonchev–Trinajstić information content (AvgIpc) is 3.34. The van der Waals surface area contributed by atoms with E-state index < -0.39 is 0 Å². The van der Waals surface area contributed by atoms with Crippen LogP contribution in [0.2, 0.25) is 0 Å². The summed E-state index contributed by atoms with van der Waals surface area (Å²) in [5, 5.41) is 5.33. The number of anilines is 1. The minimum absolute atomic E-state index is 0.209. The van der Waals surface area contributed by atoms with Crippen molar-refractivity contribution in [2.75, 3.05) is 44.2 Å². The van der Waals surface area contributed by atoms with Crippen LogP contribution < -0.4 is 4.90 Å². The van der Waals surface area contributed by atoms with Gasteiger partial charge in [0.05, 0.1) is 6.54 Å². The van der Waals surface area contributed by atoms with Crippen molar-refractivity contribution in [3.05, 3.63) is 59.8 Å². The third-order valence-electron chi connectivity index (χ3n) is 5.84. The van der Waals surface area contributed by atoms with Crippen LogP contribution in [-0.4, -0.2) is 60.1 Å². The molecule has 0 radical (unpaired) electrons. The molecule has 1 aromatic heterocycles. The van der Waals surface area contributed by atoms with Gasteiger partial charge in [-0.3, -0.25) is 14.6 Å². The second kappa shape index (κ2) is 7.37. The topological polar surface area (TPSA) is 52.8 Å². The molecule has 5 rings (SSSR count). The third kappa shape index (κ3) is 3.30. The highest BCUT2D eigenvalue weighted by molar-refractivity contribution is 5.96. The maximum Gasteiger partial charge on any atom is 0.241 e. The molecule has 6 nitrogen and oxygen atoms in total. The van der Waals surface area contributed by atoms with E-state index in [9.17, 15) is 4.79 Å². The summed E-state index contributed by atoms with van der Waals surface area (Å²) in [6.45, 7) is 5.76. The van der Waals surface area contributed by atoms with E-state index in [-0.39, 0.29) is 5.91 Å².